The minimum atomic E-state index is -0.681. The molecule has 4 rings (SSSR count). The van der Waals surface area contributed by atoms with Gasteiger partial charge in [-0.1, -0.05) is 44.2 Å². The second-order valence-corrected chi connectivity index (χ2v) is 8.92. The molecule has 0 spiro atoms. The van der Waals surface area contributed by atoms with Crippen molar-refractivity contribution in [1.82, 2.24) is 0 Å². The Labute approximate surface area is 186 Å². The molecule has 0 N–H and O–H groups in total. The number of benzene rings is 1. The highest BCUT2D eigenvalue weighted by Crippen LogP contribution is 2.45. The van der Waals surface area contributed by atoms with Crippen LogP contribution in [0.1, 0.15) is 55.5 Å². The lowest BCUT2D eigenvalue weighted by atomic mass is 9.76. The molecular weight excluding hydrogens is 410 g/mol. The molecule has 6 heteroatoms. The summed E-state index contributed by atoms with van der Waals surface area (Å²) in [6, 6.07) is 11.9. The highest BCUT2D eigenvalue weighted by molar-refractivity contribution is 7.10. The van der Waals surface area contributed by atoms with E-state index in [9.17, 15) is 9.59 Å². The zero-order valence-corrected chi connectivity index (χ0v) is 18.9. The molecule has 0 amide bonds. The van der Waals surface area contributed by atoms with E-state index >= 15 is 0 Å². The number of ketones is 1. The van der Waals surface area contributed by atoms with Crippen LogP contribution in [0.5, 0.6) is 0 Å². The van der Waals surface area contributed by atoms with E-state index in [1.54, 1.807) is 19.9 Å². The average Bonchev–Trinajstić information content (AvgIpc) is 3.35. The number of rotatable bonds is 5. The molecule has 31 heavy (non-hydrogen) atoms. The Morgan fingerprint density at radius 3 is 2.58 bits per heavy atom. The maximum atomic E-state index is 13.4. The van der Waals surface area contributed by atoms with E-state index in [1.807, 2.05) is 41.8 Å². The lowest BCUT2D eigenvalue weighted by Gasteiger charge is -2.28. The fourth-order valence-electron chi connectivity index (χ4n) is 4.03. The van der Waals surface area contributed by atoms with Crippen molar-refractivity contribution in [2.75, 3.05) is 6.61 Å². The van der Waals surface area contributed by atoms with E-state index in [4.69, 9.17) is 9.47 Å². The lowest BCUT2D eigenvalue weighted by Crippen LogP contribution is -2.32. The molecule has 0 radical (unpaired) electrons. The van der Waals surface area contributed by atoms with Crippen LogP contribution < -0.4 is 0 Å². The molecule has 2 aliphatic rings. The molecule has 1 aromatic heterocycles. The SMILES string of the molecule is CCOC(=O)C1=C(C)N=C2O/C(=C/c3cccs3)C(=O)C2C1c1ccc(C(C)C)cc1. The highest BCUT2D eigenvalue weighted by Gasteiger charge is 2.49. The van der Waals surface area contributed by atoms with E-state index in [0.717, 1.165) is 10.4 Å². The molecule has 0 saturated carbocycles. The zero-order valence-electron chi connectivity index (χ0n) is 18.0. The number of ether oxygens (including phenoxy) is 2. The van der Waals surface area contributed by atoms with Gasteiger partial charge in [0.1, 0.15) is 5.92 Å². The van der Waals surface area contributed by atoms with Gasteiger partial charge in [-0.25, -0.2) is 9.79 Å². The maximum Gasteiger partial charge on any atom is 0.336 e. The predicted molar refractivity (Wildman–Crippen MR) is 122 cm³/mol. The summed E-state index contributed by atoms with van der Waals surface area (Å²) < 4.78 is 11.2. The third kappa shape index (κ3) is 4.00. The van der Waals surface area contributed by atoms with Gasteiger partial charge in [0, 0.05) is 16.9 Å². The molecule has 1 fully saturated rings. The van der Waals surface area contributed by atoms with Gasteiger partial charge < -0.3 is 9.47 Å². The van der Waals surface area contributed by atoms with Crippen LogP contribution >= 0.6 is 11.3 Å². The summed E-state index contributed by atoms with van der Waals surface area (Å²) in [6.45, 7) is 8.04. The van der Waals surface area contributed by atoms with Crippen molar-refractivity contribution in [2.45, 2.75) is 39.5 Å². The van der Waals surface area contributed by atoms with Crippen molar-refractivity contribution in [3.8, 4) is 0 Å². The molecule has 2 aromatic rings. The highest BCUT2D eigenvalue weighted by atomic mass is 32.1. The van der Waals surface area contributed by atoms with Crippen LogP contribution in [0.25, 0.3) is 6.08 Å². The van der Waals surface area contributed by atoms with E-state index in [2.05, 4.69) is 18.8 Å². The van der Waals surface area contributed by atoms with Crippen molar-refractivity contribution in [3.63, 3.8) is 0 Å². The van der Waals surface area contributed by atoms with E-state index in [-0.39, 0.29) is 18.1 Å². The summed E-state index contributed by atoms with van der Waals surface area (Å²) in [6.07, 6.45) is 1.74. The molecule has 1 saturated heterocycles. The first-order chi connectivity index (χ1) is 14.9. The number of Topliss-reactive ketones (excluding diaryl/α,β-unsaturated/α-hetero) is 1. The number of esters is 1. The molecule has 160 valence electrons. The Bertz CT molecular complexity index is 1090. The summed E-state index contributed by atoms with van der Waals surface area (Å²) in [7, 11) is 0. The van der Waals surface area contributed by atoms with E-state index in [1.165, 1.54) is 16.9 Å². The standard InChI is InChI=1S/C25H25NO4S/c1-5-29-25(28)20-15(4)26-24-22(21(20)17-10-8-16(9-11-17)14(2)3)23(27)19(30-24)13-18-7-6-12-31-18/h6-14,21-22H,5H2,1-4H3/b19-13+. The molecule has 0 bridgehead atoms. The third-order valence-corrected chi connectivity index (χ3v) is 6.41. The first-order valence-corrected chi connectivity index (χ1v) is 11.3. The van der Waals surface area contributed by atoms with Gasteiger partial charge in [-0.2, -0.15) is 0 Å². The van der Waals surface area contributed by atoms with Crippen molar-refractivity contribution in [2.24, 2.45) is 10.9 Å². The zero-order chi connectivity index (χ0) is 22.1. The second-order valence-electron chi connectivity index (χ2n) is 7.94. The van der Waals surface area contributed by atoms with Crippen LogP contribution in [0.2, 0.25) is 0 Å². The molecular formula is C25H25NO4S. The van der Waals surface area contributed by atoms with Crippen LogP contribution in [0.15, 0.2) is 63.8 Å². The topological polar surface area (TPSA) is 65.0 Å². The van der Waals surface area contributed by atoms with Gasteiger partial charge >= 0.3 is 5.97 Å². The van der Waals surface area contributed by atoms with E-state index in [0.29, 0.717) is 23.1 Å². The van der Waals surface area contributed by atoms with Crippen LogP contribution in [-0.2, 0) is 19.1 Å². The molecule has 0 aliphatic carbocycles. The number of hydrogen-bond donors (Lipinski definition) is 0. The maximum absolute atomic E-state index is 13.4. The average molecular weight is 436 g/mol. The monoisotopic (exact) mass is 435 g/mol. The Morgan fingerprint density at radius 2 is 1.97 bits per heavy atom. The quantitative estimate of drug-likeness (QED) is 0.462. The molecule has 2 aliphatic heterocycles. The Kier molecular flexibility index (Phi) is 5.92. The largest absolute Gasteiger partial charge is 0.463 e. The Hall–Kier alpha value is -2.99. The van der Waals surface area contributed by atoms with E-state index < -0.39 is 17.8 Å². The Balaban J connectivity index is 1.80. The number of fused-ring (bicyclic) bond motifs is 1. The van der Waals surface area contributed by atoms with Crippen LogP contribution in [0.4, 0.5) is 0 Å². The van der Waals surface area contributed by atoms with Gasteiger partial charge in [0.25, 0.3) is 0 Å². The lowest BCUT2D eigenvalue weighted by molar-refractivity contribution is -0.139. The summed E-state index contributed by atoms with van der Waals surface area (Å²) in [4.78, 5) is 31.7. The first kappa shape index (κ1) is 21.2. The predicted octanol–water partition coefficient (Wildman–Crippen LogP) is 5.46. The van der Waals surface area contributed by atoms with Gasteiger partial charge in [0.15, 0.2) is 5.76 Å². The summed E-state index contributed by atoms with van der Waals surface area (Å²) in [5.74, 6) is -0.808. The van der Waals surface area contributed by atoms with Gasteiger partial charge in [-0.3, -0.25) is 4.79 Å². The smallest absolute Gasteiger partial charge is 0.336 e. The second kappa shape index (κ2) is 8.63. The van der Waals surface area contributed by atoms with Crippen LogP contribution in [-0.4, -0.2) is 24.3 Å². The van der Waals surface area contributed by atoms with Crippen molar-refractivity contribution in [1.29, 1.82) is 0 Å². The Morgan fingerprint density at radius 1 is 1.23 bits per heavy atom. The number of carbonyl (C=O) groups excluding carboxylic acids is 2. The van der Waals surface area contributed by atoms with Gasteiger partial charge in [-0.15, -0.1) is 11.3 Å². The fourth-order valence-corrected chi connectivity index (χ4v) is 4.68. The van der Waals surface area contributed by atoms with Crippen molar-refractivity contribution < 1.29 is 19.1 Å². The van der Waals surface area contributed by atoms with Crippen LogP contribution in [0.3, 0.4) is 0 Å². The summed E-state index contributed by atoms with van der Waals surface area (Å²) in [5, 5.41) is 1.94. The third-order valence-electron chi connectivity index (χ3n) is 5.59. The van der Waals surface area contributed by atoms with Gasteiger partial charge in [-0.05, 0) is 42.3 Å². The van der Waals surface area contributed by atoms with Crippen LogP contribution in [0, 0.1) is 5.92 Å². The normalized spacial score (nSPS) is 21.9. The number of aliphatic imine (C=N–C) groups is 1. The van der Waals surface area contributed by atoms with Crippen molar-refractivity contribution in [3.05, 3.63) is 74.8 Å². The fraction of sp³-hybridized carbons (Fsp3) is 0.320. The molecule has 3 heterocycles. The first-order valence-electron chi connectivity index (χ1n) is 10.4. The number of allylic oxidation sites excluding steroid dienone is 2. The summed E-state index contributed by atoms with van der Waals surface area (Å²) >= 11 is 1.53. The minimum absolute atomic E-state index is 0.167. The molecule has 1 aromatic carbocycles. The van der Waals surface area contributed by atoms with Gasteiger partial charge in [0.05, 0.1) is 17.9 Å². The summed E-state index contributed by atoms with van der Waals surface area (Å²) in [5.41, 5.74) is 3.01. The minimum Gasteiger partial charge on any atom is -0.463 e. The molecule has 2 atom stereocenters. The number of thiophene rings is 1. The van der Waals surface area contributed by atoms with Crippen molar-refractivity contribution >= 4 is 35.1 Å². The number of carbonyl (C=O) groups is 2. The van der Waals surface area contributed by atoms with Gasteiger partial charge in [0.2, 0.25) is 11.7 Å². The molecule has 5 nitrogen and oxygen atoms in total. The number of hydrogen-bond acceptors (Lipinski definition) is 6. The molecule has 2 unspecified atom stereocenters. The number of nitrogens with zero attached hydrogens (tertiary/aromatic N) is 1.